The number of hydrogen-bond donors (Lipinski definition) is 3. The lowest BCUT2D eigenvalue weighted by atomic mass is 9.88. The highest BCUT2D eigenvalue weighted by Gasteiger charge is 2.21. The predicted octanol–water partition coefficient (Wildman–Crippen LogP) is 3.35. The molecular formula is C21H31N3O4. The van der Waals surface area contributed by atoms with Crippen LogP contribution in [0.4, 0.5) is 10.5 Å². The number of ether oxygens (including phenoxy) is 1. The zero-order chi connectivity index (χ0) is 20.6. The Labute approximate surface area is 166 Å². The van der Waals surface area contributed by atoms with Gasteiger partial charge in [0.25, 0.3) is 0 Å². The molecule has 1 fully saturated rings. The maximum atomic E-state index is 12.4. The topological polar surface area (TPSA) is 96.5 Å². The summed E-state index contributed by atoms with van der Waals surface area (Å²) in [6, 6.07) is 7.41. The molecule has 3 N–H and O–H groups in total. The van der Waals surface area contributed by atoms with Crippen molar-refractivity contribution in [3.63, 3.8) is 0 Å². The number of alkyl carbamates (subject to hydrolysis) is 1. The molecule has 0 saturated heterocycles. The zero-order valence-electron chi connectivity index (χ0n) is 17.0. The fraction of sp³-hybridized carbons (Fsp3) is 0.571. The molecule has 0 aliphatic heterocycles. The third-order valence-electron chi connectivity index (χ3n) is 4.45. The van der Waals surface area contributed by atoms with Gasteiger partial charge in [0.15, 0.2) is 0 Å². The molecule has 1 aromatic rings. The number of rotatable bonds is 6. The van der Waals surface area contributed by atoms with Crippen LogP contribution in [0, 0.1) is 5.92 Å². The van der Waals surface area contributed by atoms with Crippen molar-refractivity contribution in [3.05, 3.63) is 29.8 Å². The molecule has 154 valence electrons. The van der Waals surface area contributed by atoms with E-state index in [4.69, 9.17) is 4.74 Å². The third-order valence-corrected chi connectivity index (χ3v) is 4.45. The van der Waals surface area contributed by atoms with E-state index in [9.17, 15) is 14.4 Å². The molecule has 0 spiro atoms. The summed E-state index contributed by atoms with van der Waals surface area (Å²) in [5.41, 5.74) is 0.990. The van der Waals surface area contributed by atoms with Gasteiger partial charge in [-0.15, -0.1) is 0 Å². The largest absolute Gasteiger partial charge is 0.444 e. The van der Waals surface area contributed by atoms with Crippen LogP contribution in [0.2, 0.25) is 0 Å². The lowest BCUT2D eigenvalue weighted by Crippen LogP contribution is -2.39. The van der Waals surface area contributed by atoms with Crippen molar-refractivity contribution in [2.75, 3.05) is 11.9 Å². The molecule has 1 aromatic carbocycles. The van der Waals surface area contributed by atoms with Crippen LogP contribution in [0.25, 0.3) is 0 Å². The summed E-state index contributed by atoms with van der Waals surface area (Å²) in [4.78, 5) is 35.8. The number of benzene rings is 1. The quantitative estimate of drug-likeness (QED) is 0.695. The van der Waals surface area contributed by atoms with Crippen LogP contribution in [-0.2, 0) is 20.9 Å². The van der Waals surface area contributed by atoms with Crippen molar-refractivity contribution in [3.8, 4) is 0 Å². The average Bonchev–Trinajstić information content (AvgIpc) is 2.64. The first kappa shape index (κ1) is 21.7. The Morgan fingerprint density at radius 1 is 1.07 bits per heavy atom. The van der Waals surface area contributed by atoms with E-state index >= 15 is 0 Å². The molecule has 1 saturated carbocycles. The van der Waals surface area contributed by atoms with Crippen LogP contribution >= 0.6 is 0 Å². The smallest absolute Gasteiger partial charge is 0.408 e. The fourth-order valence-corrected chi connectivity index (χ4v) is 3.10. The highest BCUT2D eigenvalue weighted by atomic mass is 16.6. The Balaban J connectivity index is 1.76. The SMILES string of the molecule is CC(C)(C)OC(=O)NCC(=O)NCc1cccc(NC(=O)C2CCCCC2)c1. The molecule has 1 aliphatic carbocycles. The van der Waals surface area contributed by atoms with Crippen LogP contribution in [0.15, 0.2) is 24.3 Å². The van der Waals surface area contributed by atoms with E-state index < -0.39 is 11.7 Å². The summed E-state index contributed by atoms with van der Waals surface area (Å²) >= 11 is 0. The van der Waals surface area contributed by atoms with Gasteiger partial charge < -0.3 is 20.7 Å². The van der Waals surface area contributed by atoms with Gasteiger partial charge in [-0.3, -0.25) is 9.59 Å². The van der Waals surface area contributed by atoms with Gasteiger partial charge in [-0.25, -0.2) is 4.79 Å². The minimum absolute atomic E-state index is 0.0717. The fourth-order valence-electron chi connectivity index (χ4n) is 3.10. The van der Waals surface area contributed by atoms with Crippen molar-refractivity contribution in [2.45, 2.75) is 65.0 Å². The molecule has 0 radical (unpaired) electrons. The normalized spacial score (nSPS) is 14.8. The van der Waals surface area contributed by atoms with Gasteiger partial charge in [0.1, 0.15) is 12.1 Å². The number of carbonyl (C=O) groups is 3. The first-order valence-corrected chi connectivity index (χ1v) is 9.86. The summed E-state index contributed by atoms with van der Waals surface area (Å²) in [5, 5.41) is 8.13. The molecule has 0 aromatic heterocycles. The maximum absolute atomic E-state index is 12.4. The monoisotopic (exact) mass is 389 g/mol. The van der Waals surface area contributed by atoms with Gasteiger partial charge in [-0.05, 0) is 51.3 Å². The summed E-state index contributed by atoms with van der Waals surface area (Å²) in [6.45, 7) is 5.42. The molecule has 7 nitrogen and oxygen atoms in total. The first-order valence-electron chi connectivity index (χ1n) is 9.86. The Kier molecular flexibility index (Phi) is 7.84. The second-order valence-electron chi connectivity index (χ2n) is 8.16. The average molecular weight is 389 g/mol. The van der Waals surface area contributed by atoms with Gasteiger partial charge in [-0.1, -0.05) is 31.4 Å². The van der Waals surface area contributed by atoms with Gasteiger partial charge in [0, 0.05) is 18.2 Å². The Bertz CT molecular complexity index is 691. The van der Waals surface area contributed by atoms with Crippen LogP contribution in [0.5, 0.6) is 0 Å². The van der Waals surface area contributed by atoms with Crippen LogP contribution in [0.1, 0.15) is 58.4 Å². The molecule has 1 aliphatic rings. The number of hydrogen-bond acceptors (Lipinski definition) is 4. The van der Waals surface area contributed by atoms with E-state index in [2.05, 4.69) is 16.0 Å². The molecule has 28 heavy (non-hydrogen) atoms. The van der Waals surface area contributed by atoms with E-state index in [0.717, 1.165) is 36.9 Å². The van der Waals surface area contributed by atoms with E-state index in [-0.39, 0.29) is 24.3 Å². The lowest BCUT2D eigenvalue weighted by Gasteiger charge is -2.21. The summed E-state index contributed by atoms with van der Waals surface area (Å²) in [6.07, 6.45) is 4.71. The molecule has 0 heterocycles. The Morgan fingerprint density at radius 2 is 1.79 bits per heavy atom. The van der Waals surface area contributed by atoms with Crippen LogP contribution in [-0.4, -0.2) is 30.1 Å². The third kappa shape index (κ3) is 7.98. The van der Waals surface area contributed by atoms with Crippen LogP contribution in [0.3, 0.4) is 0 Å². The van der Waals surface area contributed by atoms with Gasteiger partial charge in [0.2, 0.25) is 11.8 Å². The molecule has 3 amide bonds. The highest BCUT2D eigenvalue weighted by molar-refractivity contribution is 5.92. The predicted molar refractivity (Wildman–Crippen MR) is 108 cm³/mol. The minimum atomic E-state index is -0.630. The van der Waals surface area contributed by atoms with Crippen LogP contribution < -0.4 is 16.0 Å². The second-order valence-corrected chi connectivity index (χ2v) is 8.16. The van der Waals surface area contributed by atoms with Gasteiger partial charge in [0.05, 0.1) is 0 Å². The lowest BCUT2D eigenvalue weighted by molar-refractivity contribution is -0.121. The molecule has 0 unspecified atom stereocenters. The van der Waals surface area contributed by atoms with Crippen molar-refractivity contribution in [1.82, 2.24) is 10.6 Å². The van der Waals surface area contributed by atoms with Crippen molar-refractivity contribution >= 4 is 23.6 Å². The molecule has 7 heteroatoms. The molecular weight excluding hydrogens is 358 g/mol. The molecule has 0 atom stereocenters. The summed E-state index contributed by atoms with van der Waals surface area (Å²) < 4.78 is 5.08. The van der Waals surface area contributed by atoms with Gasteiger partial charge in [-0.2, -0.15) is 0 Å². The number of nitrogens with one attached hydrogen (secondary N) is 3. The van der Waals surface area contributed by atoms with E-state index in [1.807, 2.05) is 24.3 Å². The second kappa shape index (κ2) is 10.1. The summed E-state index contributed by atoms with van der Waals surface area (Å²) in [7, 11) is 0. The van der Waals surface area contributed by atoms with Crippen molar-refractivity contribution in [2.24, 2.45) is 5.92 Å². The molecule has 0 bridgehead atoms. The number of carbonyl (C=O) groups excluding carboxylic acids is 3. The van der Waals surface area contributed by atoms with E-state index in [1.165, 1.54) is 6.42 Å². The Morgan fingerprint density at radius 3 is 2.46 bits per heavy atom. The standard InChI is InChI=1S/C21H31N3O4/c1-21(2,3)28-20(27)23-14-18(25)22-13-15-8-7-11-17(12-15)24-19(26)16-9-5-4-6-10-16/h7-8,11-12,16H,4-6,9-10,13-14H2,1-3H3,(H,22,25)(H,23,27)(H,24,26). The van der Waals surface area contributed by atoms with Crippen molar-refractivity contribution < 1.29 is 19.1 Å². The Hall–Kier alpha value is -2.57. The van der Waals surface area contributed by atoms with Crippen molar-refractivity contribution in [1.29, 1.82) is 0 Å². The minimum Gasteiger partial charge on any atom is -0.444 e. The highest BCUT2D eigenvalue weighted by Crippen LogP contribution is 2.25. The zero-order valence-corrected chi connectivity index (χ0v) is 17.0. The van der Waals surface area contributed by atoms with E-state index in [1.54, 1.807) is 20.8 Å². The molecule has 2 rings (SSSR count). The number of amides is 3. The number of anilines is 1. The van der Waals surface area contributed by atoms with E-state index in [0.29, 0.717) is 6.54 Å². The summed E-state index contributed by atoms with van der Waals surface area (Å²) in [5.74, 6) is -0.152. The maximum Gasteiger partial charge on any atom is 0.408 e. The van der Waals surface area contributed by atoms with Gasteiger partial charge >= 0.3 is 6.09 Å². The first-order chi connectivity index (χ1) is 13.2.